The zero-order valence-electron chi connectivity index (χ0n) is 12.0. The largest absolute Gasteiger partial charge is 0.419 e. The standard InChI is InChI=1S/C16H21N3O/c1-2-14-10-6-7-11-19(14)12-15-17-18-16(20-15)13-8-4-3-5-9-13/h3-5,8-9,14H,2,6-7,10-12H2,1H3. The van der Waals surface area contributed by atoms with Gasteiger partial charge in [-0.2, -0.15) is 0 Å². The van der Waals surface area contributed by atoms with Gasteiger partial charge in [0, 0.05) is 11.6 Å². The summed E-state index contributed by atoms with van der Waals surface area (Å²) in [6, 6.07) is 10.6. The minimum atomic E-state index is 0.616. The molecule has 0 spiro atoms. The average Bonchev–Trinajstić information content (AvgIpc) is 2.97. The highest BCUT2D eigenvalue weighted by molar-refractivity contribution is 5.51. The second-order valence-electron chi connectivity index (χ2n) is 5.40. The van der Waals surface area contributed by atoms with Crippen LogP contribution in [0.2, 0.25) is 0 Å². The molecule has 0 amide bonds. The molecule has 0 radical (unpaired) electrons. The van der Waals surface area contributed by atoms with Gasteiger partial charge in [-0.05, 0) is 37.9 Å². The van der Waals surface area contributed by atoms with Crippen LogP contribution in [0.1, 0.15) is 38.5 Å². The molecule has 4 nitrogen and oxygen atoms in total. The Hall–Kier alpha value is -1.68. The van der Waals surface area contributed by atoms with Crippen molar-refractivity contribution in [3.05, 3.63) is 36.2 Å². The predicted octanol–water partition coefficient (Wildman–Crippen LogP) is 3.50. The zero-order chi connectivity index (χ0) is 13.8. The lowest BCUT2D eigenvalue weighted by molar-refractivity contribution is 0.124. The van der Waals surface area contributed by atoms with Crippen LogP contribution in [0.5, 0.6) is 0 Å². The molecule has 1 aromatic heterocycles. The number of hydrogen-bond acceptors (Lipinski definition) is 4. The fraction of sp³-hybridized carbons (Fsp3) is 0.500. The third-order valence-electron chi connectivity index (χ3n) is 4.05. The molecule has 106 valence electrons. The Morgan fingerprint density at radius 3 is 2.85 bits per heavy atom. The van der Waals surface area contributed by atoms with E-state index in [1.807, 2.05) is 30.3 Å². The van der Waals surface area contributed by atoms with Gasteiger partial charge in [0.2, 0.25) is 11.8 Å². The number of rotatable bonds is 4. The summed E-state index contributed by atoms with van der Waals surface area (Å²) in [4.78, 5) is 2.48. The van der Waals surface area contributed by atoms with E-state index in [1.54, 1.807) is 0 Å². The molecule has 4 heteroatoms. The highest BCUT2D eigenvalue weighted by Crippen LogP contribution is 2.23. The summed E-state index contributed by atoms with van der Waals surface area (Å²) in [7, 11) is 0. The lowest BCUT2D eigenvalue weighted by Crippen LogP contribution is -2.38. The van der Waals surface area contributed by atoms with E-state index in [0.717, 1.165) is 24.5 Å². The van der Waals surface area contributed by atoms with Crippen molar-refractivity contribution in [2.75, 3.05) is 6.54 Å². The van der Waals surface area contributed by atoms with Gasteiger partial charge in [-0.3, -0.25) is 4.90 Å². The monoisotopic (exact) mass is 271 g/mol. The van der Waals surface area contributed by atoms with Crippen molar-refractivity contribution >= 4 is 0 Å². The van der Waals surface area contributed by atoms with Crippen LogP contribution in [-0.2, 0) is 6.54 Å². The Kier molecular flexibility index (Phi) is 4.11. The van der Waals surface area contributed by atoms with Crippen molar-refractivity contribution in [2.45, 2.75) is 45.2 Å². The Morgan fingerprint density at radius 1 is 1.20 bits per heavy atom. The summed E-state index contributed by atoms with van der Waals surface area (Å²) in [5.41, 5.74) is 0.983. The summed E-state index contributed by atoms with van der Waals surface area (Å²) in [6.07, 6.45) is 5.10. The molecule has 1 aromatic carbocycles. The van der Waals surface area contributed by atoms with Crippen LogP contribution in [0.25, 0.3) is 11.5 Å². The minimum Gasteiger partial charge on any atom is -0.419 e. The molecule has 1 aliphatic rings. The van der Waals surface area contributed by atoms with Crippen LogP contribution in [0.4, 0.5) is 0 Å². The summed E-state index contributed by atoms with van der Waals surface area (Å²) >= 11 is 0. The molecule has 0 aliphatic carbocycles. The van der Waals surface area contributed by atoms with Crippen LogP contribution in [-0.4, -0.2) is 27.7 Å². The molecule has 2 heterocycles. The SMILES string of the molecule is CCC1CCCCN1Cc1nnc(-c2ccccc2)o1. The number of likely N-dealkylation sites (tertiary alicyclic amines) is 1. The first-order chi connectivity index (χ1) is 9.86. The highest BCUT2D eigenvalue weighted by atomic mass is 16.4. The van der Waals surface area contributed by atoms with E-state index in [2.05, 4.69) is 22.0 Å². The second-order valence-corrected chi connectivity index (χ2v) is 5.40. The van der Waals surface area contributed by atoms with Gasteiger partial charge in [0.25, 0.3) is 0 Å². The van der Waals surface area contributed by atoms with Crippen LogP contribution >= 0.6 is 0 Å². The van der Waals surface area contributed by atoms with Gasteiger partial charge in [0.15, 0.2) is 0 Å². The van der Waals surface area contributed by atoms with E-state index in [-0.39, 0.29) is 0 Å². The molecule has 0 bridgehead atoms. The van der Waals surface area contributed by atoms with E-state index in [9.17, 15) is 0 Å². The maximum atomic E-state index is 5.80. The zero-order valence-corrected chi connectivity index (χ0v) is 12.0. The summed E-state index contributed by atoms with van der Waals surface area (Å²) in [6.45, 7) is 4.17. The van der Waals surface area contributed by atoms with Crippen molar-refractivity contribution in [1.29, 1.82) is 0 Å². The molecule has 3 rings (SSSR count). The molecule has 20 heavy (non-hydrogen) atoms. The molecule has 1 atom stereocenters. The maximum Gasteiger partial charge on any atom is 0.247 e. The molecule has 0 N–H and O–H groups in total. The van der Waals surface area contributed by atoms with Crippen molar-refractivity contribution in [2.24, 2.45) is 0 Å². The van der Waals surface area contributed by atoms with E-state index in [1.165, 1.54) is 25.7 Å². The van der Waals surface area contributed by atoms with Crippen LogP contribution < -0.4 is 0 Å². The van der Waals surface area contributed by atoms with Gasteiger partial charge in [0.1, 0.15) is 0 Å². The molecule has 2 aromatic rings. The normalized spacial score (nSPS) is 20.1. The summed E-state index contributed by atoms with van der Waals surface area (Å²) in [5, 5.41) is 8.36. The Labute approximate surface area is 119 Å². The van der Waals surface area contributed by atoms with Crippen molar-refractivity contribution in [1.82, 2.24) is 15.1 Å². The molecule has 1 aliphatic heterocycles. The predicted molar refractivity (Wildman–Crippen MR) is 78.1 cm³/mol. The Morgan fingerprint density at radius 2 is 2.05 bits per heavy atom. The fourth-order valence-electron chi connectivity index (χ4n) is 2.92. The number of nitrogens with zero attached hydrogens (tertiary/aromatic N) is 3. The van der Waals surface area contributed by atoms with E-state index < -0.39 is 0 Å². The molecule has 0 saturated carbocycles. The minimum absolute atomic E-state index is 0.616. The highest BCUT2D eigenvalue weighted by Gasteiger charge is 2.22. The molecular weight excluding hydrogens is 250 g/mol. The summed E-state index contributed by atoms with van der Waals surface area (Å²) < 4.78 is 5.80. The lowest BCUT2D eigenvalue weighted by Gasteiger charge is -2.33. The first-order valence-electron chi connectivity index (χ1n) is 7.48. The first-order valence-corrected chi connectivity index (χ1v) is 7.48. The lowest BCUT2D eigenvalue weighted by atomic mass is 10.0. The van der Waals surface area contributed by atoms with Gasteiger partial charge >= 0.3 is 0 Å². The number of hydrogen-bond donors (Lipinski definition) is 0. The number of piperidine rings is 1. The van der Waals surface area contributed by atoms with Crippen molar-refractivity contribution in [3.8, 4) is 11.5 Å². The number of benzene rings is 1. The summed E-state index contributed by atoms with van der Waals surface area (Å²) in [5.74, 6) is 1.34. The number of aromatic nitrogens is 2. The topological polar surface area (TPSA) is 42.2 Å². The van der Waals surface area contributed by atoms with Gasteiger partial charge in [-0.25, -0.2) is 0 Å². The van der Waals surface area contributed by atoms with Gasteiger partial charge in [0.05, 0.1) is 6.54 Å². The van der Waals surface area contributed by atoms with Crippen LogP contribution in [0, 0.1) is 0 Å². The van der Waals surface area contributed by atoms with Crippen molar-refractivity contribution < 1.29 is 4.42 Å². The van der Waals surface area contributed by atoms with Gasteiger partial charge in [-0.1, -0.05) is 31.5 Å². The third-order valence-corrected chi connectivity index (χ3v) is 4.05. The second kappa shape index (κ2) is 6.18. The maximum absolute atomic E-state index is 5.80. The first kappa shape index (κ1) is 13.3. The third kappa shape index (κ3) is 2.90. The molecule has 1 saturated heterocycles. The Bertz CT molecular complexity index is 538. The Balaban J connectivity index is 1.71. The van der Waals surface area contributed by atoms with Crippen LogP contribution in [0.3, 0.4) is 0 Å². The van der Waals surface area contributed by atoms with Crippen LogP contribution in [0.15, 0.2) is 34.7 Å². The molecule has 1 unspecified atom stereocenters. The smallest absolute Gasteiger partial charge is 0.247 e. The fourth-order valence-corrected chi connectivity index (χ4v) is 2.92. The molecule has 1 fully saturated rings. The van der Waals surface area contributed by atoms with Gasteiger partial charge in [-0.15, -0.1) is 10.2 Å². The van der Waals surface area contributed by atoms with Gasteiger partial charge < -0.3 is 4.42 Å². The average molecular weight is 271 g/mol. The van der Waals surface area contributed by atoms with E-state index >= 15 is 0 Å². The quantitative estimate of drug-likeness (QED) is 0.853. The molecular formula is C16H21N3O. The van der Waals surface area contributed by atoms with E-state index in [4.69, 9.17) is 4.42 Å². The van der Waals surface area contributed by atoms with E-state index in [0.29, 0.717) is 11.9 Å². The van der Waals surface area contributed by atoms with Crippen molar-refractivity contribution in [3.63, 3.8) is 0 Å².